The van der Waals surface area contributed by atoms with Gasteiger partial charge in [0.15, 0.2) is 0 Å². The van der Waals surface area contributed by atoms with Crippen LogP contribution in [0.25, 0.3) is 0 Å². The number of nitrogens with zero attached hydrogens (tertiary/aromatic N) is 1. The summed E-state index contributed by atoms with van der Waals surface area (Å²) in [7, 11) is 1.67. The van der Waals surface area contributed by atoms with Crippen molar-refractivity contribution in [1.29, 1.82) is 0 Å². The molecule has 108 valence electrons. The molecule has 19 heavy (non-hydrogen) atoms. The van der Waals surface area contributed by atoms with E-state index in [1.165, 1.54) is 0 Å². The highest BCUT2D eigenvalue weighted by Crippen LogP contribution is 2.19. The molecule has 0 atom stereocenters. The third-order valence-electron chi connectivity index (χ3n) is 2.59. The first-order valence-corrected chi connectivity index (χ1v) is 6.10. The molecule has 3 nitrogen and oxygen atoms in total. The molecular weight excluding hydrogens is 257 g/mol. The van der Waals surface area contributed by atoms with Crippen LogP contribution in [0.2, 0.25) is 0 Å². The van der Waals surface area contributed by atoms with Crippen molar-refractivity contribution in [2.45, 2.75) is 19.0 Å². The van der Waals surface area contributed by atoms with Crippen LogP contribution < -0.4 is 10.5 Å². The fourth-order valence-corrected chi connectivity index (χ4v) is 1.56. The number of rotatable bonds is 7. The predicted octanol–water partition coefficient (Wildman–Crippen LogP) is 2.92. The third kappa shape index (κ3) is 7.56. The van der Waals surface area contributed by atoms with Crippen molar-refractivity contribution in [2.75, 3.05) is 32.5 Å². The monoisotopic (exact) mass is 276 g/mol. The van der Waals surface area contributed by atoms with Crippen LogP contribution >= 0.6 is 0 Å². The zero-order valence-corrected chi connectivity index (χ0v) is 10.9. The van der Waals surface area contributed by atoms with Crippen molar-refractivity contribution < 1.29 is 17.9 Å². The highest BCUT2D eigenvalue weighted by molar-refractivity contribution is 5.43. The first-order valence-electron chi connectivity index (χ1n) is 6.10. The van der Waals surface area contributed by atoms with E-state index in [-0.39, 0.29) is 6.54 Å². The van der Waals surface area contributed by atoms with Crippen molar-refractivity contribution in [3.05, 3.63) is 24.3 Å². The maximum Gasteiger partial charge on any atom is 0.390 e. The largest absolute Gasteiger partial charge is 0.493 e. The summed E-state index contributed by atoms with van der Waals surface area (Å²) in [4.78, 5) is 1.65. The minimum atomic E-state index is -4.09. The molecule has 2 N–H and O–H groups in total. The van der Waals surface area contributed by atoms with Gasteiger partial charge in [-0.25, -0.2) is 0 Å². The Kier molecular flexibility index (Phi) is 5.95. The molecule has 1 rings (SSSR count). The Balaban J connectivity index is 2.13. The zero-order valence-electron chi connectivity index (χ0n) is 10.9. The Morgan fingerprint density at radius 1 is 1.26 bits per heavy atom. The first-order chi connectivity index (χ1) is 8.87. The van der Waals surface area contributed by atoms with Gasteiger partial charge in [0, 0.05) is 24.8 Å². The van der Waals surface area contributed by atoms with Crippen molar-refractivity contribution in [1.82, 2.24) is 4.90 Å². The topological polar surface area (TPSA) is 38.5 Å². The van der Waals surface area contributed by atoms with Crippen molar-refractivity contribution in [3.63, 3.8) is 0 Å². The second kappa shape index (κ2) is 7.23. The van der Waals surface area contributed by atoms with Crippen LogP contribution in [-0.4, -0.2) is 37.8 Å². The molecule has 0 aliphatic rings. The van der Waals surface area contributed by atoms with Crippen LogP contribution in [0, 0.1) is 0 Å². The van der Waals surface area contributed by atoms with Gasteiger partial charge in [-0.1, -0.05) is 6.07 Å². The quantitative estimate of drug-likeness (QED) is 0.614. The Hall–Kier alpha value is -1.43. The molecular formula is C13H19F3N2O. The second-order valence-electron chi connectivity index (χ2n) is 4.44. The molecule has 0 unspecified atom stereocenters. The van der Waals surface area contributed by atoms with E-state index in [2.05, 4.69) is 0 Å². The number of hydrogen-bond acceptors (Lipinski definition) is 3. The average Bonchev–Trinajstić information content (AvgIpc) is 2.31. The Morgan fingerprint density at radius 2 is 2.00 bits per heavy atom. The summed E-state index contributed by atoms with van der Waals surface area (Å²) in [5, 5.41) is 0. The molecule has 0 aliphatic carbocycles. The highest BCUT2D eigenvalue weighted by atomic mass is 19.4. The maximum atomic E-state index is 12.0. The number of benzene rings is 1. The number of nitrogen functional groups attached to an aromatic ring is 1. The summed E-state index contributed by atoms with van der Waals surface area (Å²) in [6.45, 7) is 1.04. The van der Waals surface area contributed by atoms with Gasteiger partial charge < -0.3 is 15.4 Å². The van der Waals surface area contributed by atoms with E-state index in [1.807, 2.05) is 0 Å². The molecule has 0 spiro atoms. The number of halogens is 3. The summed E-state index contributed by atoms with van der Waals surface area (Å²) in [6, 6.07) is 7.06. The minimum Gasteiger partial charge on any atom is -0.493 e. The van der Waals surface area contributed by atoms with Gasteiger partial charge in [0.1, 0.15) is 5.75 Å². The van der Waals surface area contributed by atoms with Gasteiger partial charge in [-0.3, -0.25) is 0 Å². The summed E-state index contributed by atoms with van der Waals surface area (Å²) >= 11 is 0. The lowest BCUT2D eigenvalue weighted by atomic mass is 10.3. The average molecular weight is 276 g/mol. The summed E-state index contributed by atoms with van der Waals surface area (Å²) in [6.07, 6.45) is -4.20. The molecule has 1 aromatic rings. The first kappa shape index (κ1) is 15.6. The molecule has 0 heterocycles. The van der Waals surface area contributed by atoms with E-state index < -0.39 is 12.6 Å². The molecule has 0 bridgehead atoms. The molecule has 1 aromatic carbocycles. The van der Waals surface area contributed by atoms with E-state index in [4.69, 9.17) is 10.5 Å². The number of nitrogens with two attached hydrogens (primary N) is 1. The normalized spacial score (nSPS) is 11.8. The minimum absolute atomic E-state index is 0.0157. The van der Waals surface area contributed by atoms with Crippen molar-refractivity contribution in [3.8, 4) is 5.75 Å². The molecule has 0 fully saturated rings. The van der Waals surface area contributed by atoms with E-state index in [1.54, 1.807) is 36.2 Å². The van der Waals surface area contributed by atoms with E-state index in [9.17, 15) is 13.2 Å². The maximum absolute atomic E-state index is 12.0. The SMILES string of the molecule is CN(CCCOc1cccc(N)c1)CCC(F)(F)F. The van der Waals surface area contributed by atoms with Crippen LogP contribution in [0.5, 0.6) is 5.75 Å². The molecule has 0 aromatic heterocycles. The van der Waals surface area contributed by atoms with Crippen LogP contribution in [0.1, 0.15) is 12.8 Å². The molecule has 0 aliphatic heterocycles. The lowest BCUT2D eigenvalue weighted by molar-refractivity contribution is -0.137. The molecule has 6 heteroatoms. The number of alkyl halides is 3. The van der Waals surface area contributed by atoms with Gasteiger partial charge in [0.05, 0.1) is 13.0 Å². The lowest BCUT2D eigenvalue weighted by Crippen LogP contribution is -2.26. The Bertz CT molecular complexity index is 382. The van der Waals surface area contributed by atoms with Crippen molar-refractivity contribution >= 4 is 5.69 Å². The van der Waals surface area contributed by atoms with Crippen LogP contribution in [-0.2, 0) is 0 Å². The second-order valence-corrected chi connectivity index (χ2v) is 4.44. The number of anilines is 1. The number of ether oxygens (including phenoxy) is 1. The van der Waals surface area contributed by atoms with Gasteiger partial charge in [-0.2, -0.15) is 13.2 Å². The van der Waals surface area contributed by atoms with Gasteiger partial charge in [0.25, 0.3) is 0 Å². The third-order valence-corrected chi connectivity index (χ3v) is 2.59. The fraction of sp³-hybridized carbons (Fsp3) is 0.538. The molecule has 0 saturated carbocycles. The molecule has 0 radical (unpaired) electrons. The number of hydrogen-bond donors (Lipinski definition) is 1. The van der Waals surface area contributed by atoms with E-state index in [0.29, 0.717) is 31.0 Å². The summed E-state index contributed by atoms with van der Waals surface area (Å²) in [5.74, 6) is 0.679. The lowest BCUT2D eigenvalue weighted by Gasteiger charge is -2.17. The molecule has 0 amide bonds. The summed E-state index contributed by atoms with van der Waals surface area (Å²) < 4.78 is 41.5. The Labute approximate surface area is 111 Å². The predicted molar refractivity (Wildman–Crippen MR) is 69.1 cm³/mol. The van der Waals surface area contributed by atoms with Gasteiger partial charge in [-0.05, 0) is 25.6 Å². The Morgan fingerprint density at radius 3 is 2.63 bits per heavy atom. The summed E-state index contributed by atoms with van der Waals surface area (Å²) in [5.41, 5.74) is 6.22. The standard InChI is InChI=1S/C13H19F3N2O/c1-18(8-6-13(14,15)16)7-3-9-19-12-5-2-4-11(17)10-12/h2,4-5,10H,3,6-9,17H2,1H3. The van der Waals surface area contributed by atoms with Crippen LogP contribution in [0.3, 0.4) is 0 Å². The van der Waals surface area contributed by atoms with E-state index >= 15 is 0 Å². The fourth-order valence-electron chi connectivity index (χ4n) is 1.56. The van der Waals surface area contributed by atoms with Gasteiger partial charge in [0.2, 0.25) is 0 Å². The van der Waals surface area contributed by atoms with E-state index in [0.717, 1.165) is 0 Å². The van der Waals surface area contributed by atoms with Gasteiger partial charge >= 0.3 is 6.18 Å². The van der Waals surface area contributed by atoms with Crippen LogP contribution in [0.4, 0.5) is 18.9 Å². The van der Waals surface area contributed by atoms with Gasteiger partial charge in [-0.15, -0.1) is 0 Å². The smallest absolute Gasteiger partial charge is 0.390 e. The van der Waals surface area contributed by atoms with Crippen molar-refractivity contribution in [2.24, 2.45) is 0 Å². The highest BCUT2D eigenvalue weighted by Gasteiger charge is 2.26. The molecule has 0 saturated heterocycles. The van der Waals surface area contributed by atoms with Crippen LogP contribution in [0.15, 0.2) is 24.3 Å². The zero-order chi connectivity index (χ0) is 14.3.